The van der Waals surface area contributed by atoms with Crippen LogP contribution in [0, 0.1) is 10.1 Å². The number of nitro benzene ring substituents is 1. The molecule has 2 aromatic heterocycles. The maximum Gasteiger partial charge on any atom is 0.361 e. The zero-order chi connectivity index (χ0) is 22.1. The van der Waals surface area contributed by atoms with Crippen molar-refractivity contribution in [1.29, 1.82) is 0 Å². The van der Waals surface area contributed by atoms with Gasteiger partial charge in [-0.3, -0.25) is 15.1 Å². The van der Waals surface area contributed by atoms with E-state index in [1.165, 1.54) is 28.9 Å². The summed E-state index contributed by atoms with van der Waals surface area (Å²) < 4.78 is 6.54. The van der Waals surface area contributed by atoms with E-state index in [0.717, 1.165) is 0 Å². The van der Waals surface area contributed by atoms with Crippen LogP contribution in [-0.2, 0) is 4.74 Å². The number of carbonyl (C=O) groups is 1. The Balaban J connectivity index is 1.99. The van der Waals surface area contributed by atoms with Gasteiger partial charge in [-0.15, -0.1) is 5.10 Å². The molecule has 0 amide bonds. The van der Waals surface area contributed by atoms with Gasteiger partial charge >= 0.3 is 5.97 Å². The maximum atomic E-state index is 12.5. The third kappa shape index (κ3) is 3.80. The molecule has 31 heavy (non-hydrogen) atoms. The fraction of sp³-hybridized carbons (Fsp3) is 0.100. The lowest BCUT2D eigenvalue weighted by atomic mass is 10.1. The van der Waals surface area contributed by atoms with Gasteiger partial charge in [0.2, 0.25) is 0 Å². The molecular weight excluding hydrogens is 445 g/mol. The van der Waals surface area contributed by atoms with Crippen molar-refractivity contribution >= 4 is 45.8 Å². The topological polar surface area (TPSA) is 113 Å². The highest BCUT2D eigenvalue weighted by Gasteiger charge is 2.25. The molecule has 9 nitrogen and oxygen atoms in total. The van der Waals surface area contributed by atoms with E-state index in [0.29, 0.717) is 37.9 Å². The number of nitrogens with zero attached hydrogens (tertiary/aromatic N) is 5. The summed E-state index contributed by atoms with van der Waals surface area (Å²) in [6, 6.07) is 10.6. The smallest absolute Gasteiger partial charge is 0.361 e. The first-order valence-corrected chi connectivity index (χ1v) is 9.78. The van der Waals surface area contributed by atoms with Crippen LogP contribution in [-0.4, -0.2) is 37.5 Å². The molecule has 0 atom stereocenters. The van der Waals surface area contributed by atoms with E-state index >= 15 is 0 Å². The Bertz CT molecular complexity index is 1320. The summed E-state index contributed by atoms with van der Waals surface area (Å²) in [6.07, 6.45) is 1.55. The number of hydrogen-bond donors (Lipinski definition) is 0. The predicted octanol–water partition coefficient (Wildman–Crippen LogP) is 4.87. The van der Waals surface area contributed by atoms with Crippen LogP contribution < -0.4 is 0 Å². The highest BCUT2D eigenvalue weighted by atomic mass is 35.5. The van der Waals surface area contributed by atoms with Gasteiger partial charge in [0.05, 0.1) is 27.8 Å². The third-order valence-electron chi connectivity index (χ3n) is 4.46. The Labute approximate surface area is 185 Å². The molecule has 2 heterocycles. The molecule has 11 heteroatoms. The second-order valence-corrected chi connectivity index (χ2v) is 7.18. The van der Waals surface area contributed by atoms with Gasteiger partial charge in [-0.1, -0.05) is 28.4 Å². The molecule has 156 valence electrons. The minimum Gasteiger partial charge on any atom is -0.461 e. The van der Waals surface area contributed by atoms with Crippen LogP contribution >= 0.6 is 23.2 Å². The third-order valence-corrected chi connectivity index (χ3v) is 4.97. The SMILES string of the molecule is CCOC(=O)c1nnn(-c2ccnc3cc(Cl)cc(Cl)c23)c1-c1ccc([N+](=O)[O-])cc1. The summed E-state index contributed by atoms with van der Waals surface area (Å²) >= 11 is 12.5. The first kappa shape index (κ1) is 20.7. The van der Waals surface area contributed by atoms with Crippen LogP contribution in [0.4, 0.5) is 5.69 Å². The quantitative estimate of drug-likeness (QED) is 0.238. The number of non-ortho nitro benzene ring substituents is 1. The van der Waals surface area contributed by atoms with Crippen molar-refractivity contribution in [3.8, 4) is 16.9 Å². The van der Waals surface area contributed by atoms with Crippen molar-refractivity contribution in [2.45, 2.75) is 6.92 Å². The van der Waals surface area contributed by atoms with E-state index in [-0.39, 0.29) is 18.0 Å². The van der Waals surface area contributed by atoms with Gasteiger partial charge in [-0.05, 0) is 37.3 Å². The fourth-order valence-electron chi connectivity index (χ4n) is 3.15. The first-order valence-electron chi connectivity index (χ1n) is 9.02. The molecule has 0 spiro atoms. The summed E-state index contributed by atoms with van der Waals surface area (Å²) in [7, 11) is 0. The number of pyridine rings is 1. The van der Waals surface area contributed by atoms with Crippen molar-refractivity contribution in [2.75, 3.05) is 6.61 Å². The van der Waals surface area contributed by atoms with Crippen molar-refractivity contribution < 1.29 is 14.5 Å². The largest absolute Gasteiger partial charge is 0.461 e. The number of rotatable bonds is 5. The van der Waals surface area contributed by atoms with E-state index < -0.39 is 10.9 Å². The number of carbonyl (C=O) groups excluding carboxylic acids is 1. The van der Waals surface area contributed by atoms with Crippen molar-refractivity contribution in [3.05, 3.63) is 74.5 Å². The molecule has 0 unspecified atom stereocenters. The van der Waals surface area contributed by atoms with Gasteiger partial charge in [0, 0.05) is 34.3 Å². The van der Waals surface area contributed by atoms with Gasteiger partial charge in [0.1, 0.15) is 5.69 Å². The normalized spacial score (nSPS) is 10.9. The van der Waals surface area contributed by atoms with Crippen molar-refractivity contribution in [3.63, 3.8) is 0 Å². The highest BCUT2D eigenvalue weighted by molar-refractivity contribution is 6.39. The lowest BCUT2D eigenvalue weighted by Crippen LogP contribution is -2.08. The van der Waals surface area contributed by atoms with Crippen LogP contribution in [0.2, 0.25) is 10.0 Å². The summed E-state index contributed by atoms with van der Waals surface area (Å²) in [4.78, 5) is 27.3. The summed E-state index contributed by atoms with van der Waals surface area (Å²) in [5.41, 5.74) is 1.68. The molecule has 0 aliphatic rings. The van der Waals surface area contributed by atoms with Crippen LogP contribution in [0.3, 0.4) is 0 Å². The standard InChI is InChI=1S/C20H13Cl2N5O4/c1-2-31-20(28)18-19(11-3-5-13(6-4-11)27(29)30)26(25-24-18)16-7-8-23-15-10-12(21)9-14(22)17(15)16/h3-10H,2H2,1H3. The van der Waals surface area contributed by atoms with E-state index in [1.807, 2.05) is 0 Å². The molecule has 0 N–H and O–H groups in total. The van der Waals surface area contributed by atoms with Crippen LogP contribution in [0.25, 0.3) is 27.8 Å². The number of esters is 1. The zero-order valence-corrected chi connectivity index (χ0v) is 17.5. The second kappa shape index (κ2) is 8.29. The highest BCUT2D eigenvalue weighted by Crippen LogP contribution is 2.34. The van der Waals surface area contributed by atoms with E-state index in [2.05, 4.69) is 15.3 Å². The average Bonchev–Trinajstić information content (AvgIpc) is 3.18. The van der Waals surface area contributed by atoms with Crippen LogP contribution in [0.15, 0.2) is 48.7 Å². The number of hydrogen-bond acceptors (Lipinski definition) is 7. The van der Waals surface area contributed by atoms with E-state index in [9.17, 15) is 14.9 Å². The molecule has 0 aliphatic heterocycles. The number of aromatic nitrogens is 4. The van der Waals surface area contributed by atoms with Crippen molar-refractivity contribution in [2.24, 2.45) is 0 Å². The summed E-state index contributed by atoms with van der Waals surface area (Å²) in [6.45, 7) is 1.82. The average molecular weight is 458 g/mol. The molecule has 0 aliphatic carbocycles. The Morgan fingerprint density at radius 1 is 1.19 bits per heavy atom. The molecule has 0 saturated carbocycles. The van der Waals surface area contributed by atoms with E-state index in [1.54, 1.807) is 31.3 Å². The second-order valence-electron chi connectivity index (χ2n) is 6.33. The predicted molar refractivity (Wildman–Crippen MR) is 115 cm³/mol. The Kier molecular flexibility index (Phi) is 5.53. The first-order chi connectivity index (χ1) is 14.9. The molecule has 0 radical (unpaired) electrons. The number of fused-ring (bicyclic) bond motifs is 1. The fourth-order valence-corrected chi connectivity index (χ4v) is 3.73. The number of ether oxygens (including phenoxy) is 1. The Hall–Kier alpha value is -3.56. The Morgan fingerprint density at radius 2 is 1.94 bits per heavy atom. The minimum atomic E-state index is -0.672. The molecule has 0 saturated heterocycles. The van der Waals surface area contributed by atoms with Gasteiger partial charge in [0.25, 0.3) is 5.69 Å². The molecule has 2 aromatic carbocycles. The molecule has 0 bridgehead atoms. The molecule has 4 aromatic rings. The van der Waals surface area contributed by atoms with Gasteiger partial charge < -0.3 is 4.74 Å². The summed E-state index contributed by atoms with van der Waals surface area (Å²) in [5.74, 6) is -0.672. The maximum absolute atomic E-state index is 12.5. The summed E-state index contributed by atoms with van der Waals surface area (Å²) in [5, 5.41) is 20.5. The van der Waals surface area contributed by atoms with E-state index in [4.69, 9.17) is 27.9 Å². The van der Waals surface area contributed by atoms with Gasteiger partial charge in [-0.2, -0.15) is 0 Å². The Morgan fingerprint density at radius 3 is 2.61 bits per heavy atom. The number of benzene rings is 2. The number of halogens is 2. The molecular formula is C20H13Cl2N5O4. The van der Waals surface area contributed by atoms with Crippen molar-refractivity contribution in [1.82, 2.24) is 20.0 Å². The zero-order valence-electron chi connectivity index (χ0n) is 16.0. The number of nitro groups is 1. The minimum absolute atomic E-state index is 0.0363. The molecule has 0 fully saturated rings. The lowest BCUT2D eigenvalue weighted by molar-refractivity contribution is -0.384. The molecule has 4 rings (SSSR count). The van der Waals surface area contributed by atoms with Crippen LogP contribution in [0.1, 0.15) is 17.4 Å². The van der Waals surface area contributed by atoms with Crippen LogP contribution in [0.5, 0.6) is 0 Å². The van der Waals surface area contributed by atoms with Gasteiger partial charge in [-0.25, -0.2) is 9.48 Å². The van der Waals surface area contributed by atoms with Gasteiger partial charge in [0.15, 0.2) is 5.69 Å². The monoisotopic (exact) mass is 457 g/mol. The lowest BCUT2D eigenvalue weighted by Gasteiger charge is -2.12.